The summed E-state index contributed by atoms with van der Waals surface area (Å²) in [4.78, 5) is 29.0. The fraction of sp³-hybridized carbons (Fsp3) is 0. The summed E-state index contributed by atoms with van der Waals surface area (Å²) in [6.45, 7) is 0. The highest BCUT2D eigenvalue weighted by Crippen LogP contribution is 2.38. The molecule has 0 aliphatic heterocycles. The minimum atomic E-state index is -0.492. The summed E-state index contributed by atoms with van der Waals surface area (Å²) in [6, 6.07) is 23.0. The van der Waals surface area contributed by atoms with Crippen molar-refractivity contribution >= 4 is 40.2 Å². The summed E-state index contributed by atoms with van der Waals surface area (Å²) in [7, 11) is 0. The molecule has 0 bridgehead atoms. The molecule has 0 aliphatic rings. The van der Waals surface area contributed by atoms with Crippen molar-refractivity contribution in [1.82, 2.24) is 14.8 Å². The predicted molar refractivity (Wildman–Crippen MR) is 131 cm³/mol. The van der Waals surface area contributed by atoms with Crippen molar-refractivity contribution in [3.63, 3.8) is 0 Å². The first-order chi connectivity index (χ1) is 17.2. The Morgan fingerprint density at radius 1 is 0.971 bits per heavy atom. The number of hydrogen-bond donors (Lipinski definition) is 2. The third-order valence-electron chi connectivity index (χ3n) is 5.28. The van der Waals surface area contributed by atoms with Gasteiger partial charge in [-0.25, -0.2) is 4.98 Å². The largest absolute Gasteiger partial charge is 0.505 e. The third kappa shape index (κ3) is 4.25. The highest BCUT2D eigenvalue weighted by Gasteiger charge is 2.20. The second kappa shape index (κ2) is 9.36. The molecule has 0 fully saturated rings. The maximum absolute atomic E-state index is 13.2. The number of phenols is 1. The molecule has 0 unspecified atom stereocenters. The molecule has 5 rings (SSSR count). The Bertz CT molecular complexity index is 1560. The summed E-state index contributed by atoms with van der Waals surface area (Å²) in [5.74, 6) is -0.242. The normalized spacial score (nSPS) is 11.1. The van der Waals surface area contributed by atoms with Crippen molar-refractivity contribution in [2.45, 2.75) is 0 Å². The van der Waals surface area contributed by atoms with E-state index in [-0.39, 0.29) is 28.4 Å². The molecule has 170 valence electrons. The van der Waals surface area contributed by atoms with Crippen LogP contribution in [0.3, 0.4) is 0 Å². The molecule has 0 radical (unpaired) electrons. The van der Waals surface area contributed by atoms with Crippen LogP contribution in [-0.2, 0) is 0 Å². The molecule has 0 spiro atoms. The van der Waals surface area contributed by atoms with Gasteiger partial charge in [0.1, 0.15) is 5.69 Å². The van der Waals surface area contributed by atoms with E-state index in [1.54, 1.807) is 66.9 Å². The van der Waals surface area contributed by atoms with Crippen LogP contribution < -0.4 is 5.32 Å². The lowest BCUT2D eigenvalue weighted by atomic mass is 10.0. The van der Waals surface area contributed by atoms with E-state index in [1.165, 1.54) is 10.9 Å². The minimum Gasteiger partial charge on any atom is -0.505 e. The number of pyridine rings is 1. The van der Waals surface area contributed by atoms with Crippen molar-refractivity contribution in [3.05, 3.63) is 102 Å². The zero-order chi connectivity index (χ0) is 24.2. The summed E-state index contributed by atoms with van der Waals surface area (Å²) >= 11 is 0. The van der Waals surface area contributed by atoms with Crippen LogP contribution in [0.2, 0.25) is 0 Å². The molecule has 1 amide bonds. The number of aromatic nitrogens is 3. The van der Waals surface area contributed by atoms with Gasteiger partial charge >= 0.3 is 0 Å². The summed E-state index contributed by atoms with van der Waals surface area (Å²) in [5.41, 5.74) is 0.909. The number of benzene rings is 3. The fourth-order valence-electron chi connectivity index (χ4n) is 3.63. The quantitative estimate of drug-likeness (QED) is 0.251. The molecular weight excluding hydrogens is 444 g/mol. The molecule has 2 N–H and O–H groups in total. The first-order valence-corrected chi connectivity index (χ1v) is 10.6. The van der Waals surface area contributed by atoms with Crippen molar-refractivity contribution in [3.8, 4) is 11.6 Å². The van der Waals surface area contributed by atoms with Gasteiger partial charge < -0.3 is 10.4 Å². The lowest BCUT2D eigenvalue weighted by molar-refractivity contribution is 0.102. The van der Waals surface area contributed by atoms with Crippen LogP contribution in [0.5, 0.6) is 5.75 Å². The third-order valence-corrected chi connectivity index (χ3v) is 5.28. The second-order valence-electron chi connectivity index (χ2n) is 7.50. The molecular formula is C26H18N6O3. The van der Waals surface area contributed by atoms with Crippen molar-refractivity contribution in [2.75, 3.05) is 5.32 Å². The SMILES string of the molecule is O=Cc1cnn(-c2ccccn2)c1/N=N/c1cc2ccccc2c(C(=O)Nc2ccccc2)c1O. The average Bonchev–Trinajstić information content (AvgIpc) is 3.31. The number of aldehydes is 1. The smallest absolute Gasteiger partial charge is 0.260 e. The van der Waals surface area contributed by atoms with Gasteiger partial charge in [0, 0.05) is 11.9 Å². The predicted octanol–water partition coefficient (Wildman–Crippen LogP) is 5.61. The number of anilines is 1. The molecule has 9 nitrogen and oxygen atoms in total. The molecule has 0 aliphatic carbocycles. The van der Waals surface area contributed by atoms with Crippen molar-refractivity contribution in [1.29, 1.82) is 0 Å². The van der Waals surface area contributed by atoms with Crippen LogP contribution in [0.25, 0.3) is 16.6 Å². The summed E-state index contributed by atoms with van der Waals surface area (Å²) < 4.78 is 1.37. The van der Waals surface area contributed by atoms with E-state index in [4.69, 9.17) is 0 Å². The number of carbonyl (C=O) groups is 2. The molecule has 0 atom stereocenters. The molecule has 2 aromatic heterocycles. The number of aromatic hydroxyl groups is 1. The van der Waals surface area contributed by atoms with Crippen molar-refractivity contribution in [2.24, 2.45) is 10.2 Å². The zero-order valence-electron chi connectivity index (χ0n) is 18.2. The van der Waals surface area contributed by atoms with E-state index in [9.17, 15) is 14.7 Å². The van der Waals surface area contributed by atoms with Crippen LogP contribution in [0.15, 0.2) is 101 Å². The molecule has 2 heterocycles. The van der Waals surface area contributed by atoms with Gasteiger partial charge in [-0.1, -0.05) is 48.5 Å². The van der Waals surface area contributed by atoms with Gasteiger partial charge in [-0.15, -0.1) is 10.2 Å². The van der Waals surface area contributed by atoms with E-state index in [1.807, 2.05) is 18.2 Å². The van der Waals surface area contributed by atoms with Gasteiger partial charge in [0.25, 0.3) is 5.91 Å². The van der Waals surface area contributed by atoms with Crippen LogP contribution in [0.1, 0.15) is 20.7 Å². The Balaban J connectivity index is 1.60. The molecule has 0 saturated heterocycles. The molecule has 35 heavy (non-hydrogen) atoms. The number of rotatable bonds is 6. The summed E-state index contributed by atoms with van der Waals surface area (Å²) in [6.07, 6.45) is 3.56. The van der Waals surface area contributed by atoms with Crippen molar-refractivity contribution < 1.29 is 14.7 Å². The topological polar surface area (TPSA) is 122 Å². The Morgan fingerprint density at radius 3 is 2.51 bits per heavy atom. The van der Waals surface area contributed by atoms with E-state index in [0.29, 0.717) is 28.6 Å². The highest BCUT2D eigenvalue weighted by atomic mass is 16.3. The number of nitrogens with zero attached hydrogens (tertiary/aromatic N) is 5. The maximum atomic E-state index is 13.2. The van der Waals surface area contributed by atoms with Crippen LogP contribution >= 0.6 is 0 Å². The lowest BCUT2D eigenvalue weighted by Gasteiger charge is -2.12. The fourth-order valence-corrected chi connectivity index (χ4v) is 3.63. The van der Waals surface area contributed by atoms with E-state index in [0.717, 1.165) is 0 Å². The number of para-hydroxylation sites is 1. The number of carbonyl (C=O) groups excluding carboxylic acids is 2. The maximum Gasteiger partial charge on any atom is 0.260 e. The Hall–Kier alpha value is -5.18. The highest BCUT2D eigenvalue weighted by molar-refractivity contribution is 6.16. The van der Waals surface area contributed by atoms with Crippen LogP contribution in [0, 0.1) is 0 Å². The van der Waals surface area contributed by atoms with Gasteiger partial charge in [0.05, 0.1) is 17.3 Å². The van der Waals surface area contributed by atoms with Gasteiger partial charge in [-0.2, -0.15) is 9.78 Å². The second-order valence-corrected chi connectivity index (χ2v) is 7.50. The molecule has 5 aromatic rings. The average molecular weight is 462 g/mol. The number of fused-ring (bicyclic) bond motifs is 1. The first kappa shape index (κ1) is 21.7. The monoisotopic (exact) mass is 462 g/mol. The Labute approximate surface area is 199 Å². The van der Waals surface area contributed by atoms with Gasteiger partial charge in [0.2, 0.25) is 0 Å². The van der Waals surface area contributed by atoms with Crippen LogP contribution in [0.4, 0.5) is 17.2 Å². The number of amides is 1. The number of phenolic OH excluding ortho intramolecular Hbond substituents is 1. The van der Waals surface area contributed by atoms with Gasteiger partial charge in [0.15, 0.2) is 23.7 Å². The number of nitrogens with one attached hydrogen (secondary N) is 1. The minimum absolute atomic E-state index is 0.0625. The van der Waals surface area contributed by atoms with Gasteiger partial charge in [-0.3, -0.25) is 9.59 Å². The number of hydrogen-bond acceptors (Lipinski definition) is 7. The first-order valence-electron chi connectivity index (χ1n) is 10.6. The van der Waals surface area contributed by atoms with E-state index in [2.05, 4.69) is 25.6 Å². The summed E-state index contributed by atoms with van der Waals surface area (Å²) in [5, 5.41) is 27.7. The van der Waals surface area contributed by atoms with Crippen LogP contribution in [-0.4, -0.2) is 32.1 Å². The van der Waals surface area contributed by atoms with E-state index >= 15 is 0 Å². The molecule has 3 aromatic carbocycles. The Morgan fingerprint density at radius 2 is 1.74 bits per heavy atom. The molecule has 0 saturated carbocycles. The lowest BCUT2D eigenvalue weighted by Crippen LogP contribution is -2.12. The van der Waals surface area contributed by atoms with Gasteiger partial charge in [-0.05, 0) is 41.1 Å². The van der Waals surface area contributed by atoms with E-state index < -0.39 is 5.91 Å². The standard InChI is InChI=1S/C26H18N6O3/c33-16-18-15-28-32(22-12-6-7-13-27-22)25(18)31-30-21-14-17-8-4-5-11-20(17)23(24(21)34)26(35)29-19-9-2-1-3-10-19/h1-16,34H,(H,29,35)/b31-30+. The molecule has 9 heteroatoms. The Kier molecular flexibility index (Phi) is 5.79. The zero-order valence-corrected chi connectivity index (χ0v) is 18.2. The number of azo groups is 1.